The van der Waals surface area contributed by atoms with E-state index in [1.54, 1.807) is 11.3 Å². The third kappa shape index (κ3) is 2.42. The fraction of sp³-hybridized carbons (Fsp3) is 0.333. The van der Waals surface area contributed by atoms with Gasteiger partial charge in [-0.1, -0.05) is 48.9 Å². The molecule has 2 nitrogen and oxygen atoms in total. The number of aryl methyl sites for hydroxylation is 2. The fourth-order valence-electron chi connectivity index (χ4n) is 1.52. The van der Waals surface area contributed by atoms with Gasteiger partial charge in [0.2, 0.25) is 0 Å². The van der Waals surface area contributed by atoms with Crippen LogP contribution in [0, 0.1) is 6.92 Å². The van der Waals surface area contributed by atoms with Crippen molar-refractivity contribution in [2.24, 2.45) is 0 Å². The van der Waals surface area contributed by atoms with Crippen molar-refractivity contribution in [2.45, 2.75) is 26.7 Å². The van der Waals surface area contributed by atoms with E-state index in [2.05, 4.69) is 41.4 Å². The number of nitrogens with zero attached hydrogens (tertiary/aromatic N) is 2. The van der Waals surface area contributed by atoms with Gasteiger partial charge in [-0.15, -0.1) is 10.2 Å². The molecule has 0 spiro atoms. The molecule has 1 aromatic heterocycles. The standard InChI is InChI=1S/C12H14N2S/c1-3-4-10-5-7-11(8-6-10)12-14-13-9(2)15-12/h5-8H,3-4H2,1-2H3. The van der Waals surface area contributed by atoms with E-state index >= 15 is 0 Å². The lowest BCUT2D eigenvalue weighted by molar-refractivity contribution is 0.922. The maximum Gasteiger partial charge on any atom is 0.147 e. The van der Waals surface area contributed by atoms with Crippen LogP contribution in [-0.2, 0) is 6.42 Å². The molecule has 0 fully saturated rings. The molecule has 0 amide bonds. The van der Waals surface area contributed by atoms with Crippen LogP contribution < -0.4 is 0 Å². The maximum absolute atomic E-state index is 4.13. The van der Waals surface area contributed by atoms with Crippen molar-refractivity contribution in [1.82, 2.24) is 10.2 Å². The summed E-state index contributed by atoms with van der Waals surface area (Å²) in [4.78, 5) is 0. The molecule has 0 aliphatic rings. The molecule has 15 heavy (non-hydrogen) atoms. The van der Waals surface area contributed by atoms with Gasteiger partial charge in [0.05, 0.1) is 0 Å². The first kappa shape index (κ1) is 10.3. The molecule has 0 saturated heterocycles. The van der Waals surface area contributed by atoms with Crippen molar-refractivity contribution in [3.05, 3.63) is 34.8 Å². The monoisotopic (exact) mass is 218 g/mol. The zero-order chi connectivity index (χ0) is 10.7. The lowest BCUT2D eigenvalue weighted by Gasteiger charge is -1.99. The summed E-state index contributed by atoms with van der Waals surface area (Å²) in [5.41, 5.74) is 2.56. The molecule has 0 N–H and O–H groups in total. The topological polar surface area (TPSA) is 25.8 Å². The predicted molar refractivity (Wildman–Crippen MR) is 64.1 cm³/mol. The summed E-state index contributed by atoms with van der Waals surface area (Å²) in [6, 6.07) is 8.61. The molecular weight excluding hydrogens is 204 g/mol. The first-order chi connectivity index (χ1) is 7.29. The molecule has 0 aliphatic carbocycles. The van der Waals surface area contributed by atoms with E-state index in [1.807, 2.05) is 6.92 Å². The number of hydrogen-bond donors (Lipinski definition) is 0. The summed E-state index contributed by atoms with van der Waals surface area (Å²) in [6.45, 7) is 4.18. The highest BCUT2D eigenvalue weighted by Gasteiger charge is 2.03. The largest absolute Gasteiger partial charge is 0.147 e. The highest BCUT2D eigenvalue weighted by Crippen LogP contribution is 2.23. The molecular formula is C12H14N2S. The van der Waals surface area contributed by atoms with Crippen molar-refractivity contribution in [3.8, 4) is 10.6 Å². The van der Waals surface area contributed by atoms with Gasteiger partial charge in [-0.25, -0.2) is 0 Å². The van der Waals surface area contributed by atoms with Crippen LogP contribution >= 0.6 is 11.3 Å². The molecule has 1 aromatic carbocycles. The van der Waals surface area contributed by atoms with Gasteiger partial charge >= 0.3 is 0 Å². The van der Waals surface area contributed by atoms with E-state index in [-0.39, 0.29) is 0 Å². The van der Waals surface area contributed by atoms with Gasteiger partial charge < -0.3 is 0 Å². The second-order valence-electron chi connectivity index (χ2n) is 3.57. The Hall–Kier alpha value is -1.22. The van der Waals surface area contributed by atoms with Crippen LogP contribution in [-0.4, -0.2) is 10.2 Å². The van der Waals surface area contributed by atoms with Gasteiger partial charge in [-0.3, -0.25) is 0 Å². The maximum atomic E-state index is 4.13. The second-order valence-corrected chi connectivity index (χ2v) is 4.75. The molecule has 2 rings (SSSR count). The van der Waals surface area contributed by atoms with E-state index < -0.39 is 0 Å². The van der Waals surface area contributed by atoms with Crippen molar-refractivity contribution in [1.29, 1.82) is 0 Å². The van der Waals surface area contributed by atoms with Crippen molar-refractivity contribution < 1.29 is 0 Å². The first-order valence-corrected chi connectivity index (χ1v) is 6.00. The Kier molecular flexibility index (Phi) is 3.11. The average molecular weight is 218 g/mol. The molecule has 2 aromatic rings. The summed E-state index contributed by atoms with van der Waals surface area (Å²) < 4.78 is 0. The summed E-state index contributed by atoms with van der Waals surface area (Å²) in [7, 11) is 0. The van der Waals surface area contributed by atoms with Crippen molar-refractivity contribution in [3.63, 3.8) is 0 Å². The Morgan fingerprint density at radius 3 is 2.40 bits per heavy atom. The molecule has 3 heteroatoms. The summed E-state index contributed by atoms with van der Waals surface area (Å²) in [5.74, 6) is 0. The van der Waals surface area contributed by atoms with E-state index in [4.69, 9.17) is 0 Å². The van der Waals surface area contributed by atoms with Crippen molar-refractivity contribution >= 4 is 11.3 Å². The minimum Gasteiger partial charge on any atom is -0.143 e. The zero-order valence-electron chi connectivity index (χ0n) is 9.03. The van der Waals surface area contributed by atoms with Crippen LogP contribution in [0.2, 0.25) is 0 Å². The molecule has 0 saturated carbocycles. The van der Waals surface area contributed by atoms with Crippen LogP contribution in [0.3, 0.4) is 0 Å². The molecule has 1 heterocycles. The molecule has 0 atom stereocenters. The van der Waals surface area contributed by atoms with E-state index in [9.17, 15) is 0 Å². The number of benzene rings is 1. The molecule has 0 radical (unpaired) electrons. The van der Waals surface area contributed by atoms with Gasteiger partial charge in [-0.05, 0) is 18.9 Å². The van der Waals surface area contributed by atoms with Crippen LogP contribution in [0.4, 0.5) is 0 Å². The van der Waals surface area contributed by atoms with E-state index in [1.165, 1.54) is 17.5 Å². The van der Waals surface area contributed by atoms with Crippen LogP contribution in [0.25, 0.3) is 10.6 Å². The number of aromatic nitrogens is 2. The molecule has 0 unspecified atom stereocenters. The molecule has 78 valence electrons. The third-order valence-corrected chi connectivity index (χ3v) is 3.15. The van der Waals surface area contributed by atoms with E-state index in [0.29, 0.717) is 0 Å². The normalized spacial score (nSPS) is 10.5. The van der Waals surface area contributed by atoms with Gasteiger partial charge in [0.25, 0.3) is 0 Å². The summed E-state index contributed by atoms with van der Waals surface area (Å²) in [5, 5.41) is 10.2. The number of hydrogen-bond acceptors (Lipinski definition) is 3. The summed E-state index contributed by atoms with van der Waals surface area (Å²) in [6.07, 6.45) is 2.34. The van der Waals surface area contributed by atoms with Gasteiger partial charge in [0.1, 0.15) is 10.0 Å². The molecule has 0 aliphatic heterocycles. The first-order valence-electron chi connectivity index (χ1n) is 5.19. The predicted octanol–water partition coefficient (Wildman–Crippen LogP) is 3.47. The summed E-state index contributed by atoms with van der Waals surface area (Å²) >= 11 is 1.64. The Morgan fingerprint density at radius 2 is 1.87 bits per heavy atom. The Labute approximate surface area is 94.0 Å². The zero-order valence-corrected chi connectivity index (χ0v) is 9.84. The SMILES string of the molecule is CCCc1ccc(-c2nnc(C)s2)cc1. The minimum atomic E-state index is 1.01. The smallest absolute Gasteiger partial charge is 0.143 e. The molecule has 0 bridgehead atoms. The lowest BCUT2D eigenvalue weighted by atomic mass is 10.1. The second kappa shape index (κ2) is 4.53. The van der Waals surface area contributed by atoms with Crippen LogP contribution in [0.15, 0.2) is 24.3 Å². The van der Waals surface area contributed by atoms with Crippen LogP contribution in [0.5, 0.6) is 0 Å². The van der Waals surface area contributed by atoms with Gasteiger partial charge in [-0.2, -0.15) is 0 Å². The fourth-order valence-corrected chi connectivity index (χ4v) is 2.21. The third-order valence-electron chi connectivity index (χ3n) is 2.27. The minimum absolute atomic E-state index is 1.01. The Balaban J connectivity index is 2.23. The van der Waals surface area contributed by atoms with Crippen LogP contribution in [0.1, 0.15) is 23.9 Å². The highest BCUT2D eigenvalue weighted by atomic mass is 32.1. The average Bonchev–Trinajstić information content (AvgIpc) is 2.67. The highest BCUT2D eigenvalue weighted by molar-refractivity contribution is 7.14. The van der Waals surface area contributed by atoms with Crippen molar-refractivity contribution in [2.75, 3.05) is 0 Å². The Bertz CT molecular complexity index is 431. The van der Waals surface area contributed by atoms with Gasteiger partial charge in [0.15, 0.2) is 0 Å². The van der Waals surface area contributed by atoms with Gasteiger partial charge in [0, 0.05) is 5.56 Å². The quantitative estimate of drug-likeness (QED) is 0.788. The number of rotatable bonds is 3. The lowest BCUT2D eigenvalue weighted by Crippen LogP contribution is -1.83. The van der Waals surface area contributed by atoms with E-state index in [0.717, 1.165) is 16.4 Å². The Morgan fingerprint density at radius 1 is 1.13 bits per heavy atom.